The number of aryl methyl sites for hydroxylation is 1. The zero-order chi connectivity index (χ0) is 10.4. The second kappa shape index (κ2) is 5.78. The van der Waals surface area contributed by atoms with Crippen LogP contribution < -0.4 is 11.3 Å². The fourth-order valence-electron chi connectivity index (χ4n) is 1.53. The van der Waals surface area contributed by atoms with Crippen LogP contribution in [0.3, 0.4) is 0 Å². The maximum atomic E-state index is 5.50. The molecule has 0 radical (unpaired) electrons. The standard InChI is InChI=1S/C10H20N4/c1-3-4-5-6-9(12-11)10-7-8-14(2)13-10/h7-9,12H,3-6,11H2,1-2H3. The van der Waals surface area contributed by atoms with Gasteiger partial charge in [0.15, 0.2) is 0 Å². The Hall–Kier alpha value is -0.870. The molecule has 1 heterocycles. The van der Waals surface area contributed by atoms with Crippen molar-refractivity contribution < 1.29 is 0 Å². The quantitative estimate of drug-likeness (QED) is 0.412. The van der Waals surface area contributed by atoms with Gasteiger partial charge in [0.05, 0.1) is 11.7 Å². The molecule has 1 unspecified atom stereocenters. The summed E-state index contributed by atoms with van der Waals surface area (Å²) < 4.78 is 1.81. The van der Waals surface area contributed by atoms with Gasteiger partial charge >= 0.3 is 0 Å². The smallest absolute Gasteiger partial charge is 0.0807 e. The predicted octanol–water partition coefficient (Wildman–Crippen LogP) is 1.50. The first-order chi connectivity index (χ1) is 6.77. The first kappa shape index (κ1) is 11.2. The lowest BCUT2D eigenvalue weighted by atomic mass is 10.1. The van der Waals surface area contributed by atoms with E-state index in [0.29, 0.717) is 0 Å². The molecule has 14 heavy (non-hydrogen) atoms. The number of hydrazine groups is 1. The van der Waals surface area contributed by atoms with Crippen molar-refractivity contribution in [3.8, 4) is 0 Å². The molecule has 0 aliphatic carbocycles. The van der Waals surface area contributed by atoms with E-state index in [1.165, 1.54) is 19.3 Å². The van der Waals surface area contributed by atoms with Crippen molar-refractivity contribution in [1.29, 1.82) is 0 Å². The number of nitrogens with one attached hydrogen (secondary N) is 1. The Morgan fingerprint density at radius 2 is 2.36 bits per heavy atom. The number of rotatable bonds is 6. The number of unbranched alkanes of at least 4 members (excludes halogenated alkanes) is 2. The lowest BCUT2D eigenvalue weighted by molar-refractivity contribution is 0.472. The largest absolute Gasteiger partial charge is 0.275 e. The van der Waals surface area contributed by atoms with E-state index in [-0.39, 0.29) is 6.04 Å². The monoisotopic (exact) mass is 196 g/mol. The van der Waals surface area contributed by atoms with Crippen molar-refractivity contribution in [3.63, 3.8) is 0 Å². The Kier molecular flexibility index (Phi) is 4.62. The minimum Gasteiger partial charge on any atom is -0.275 e. The molecular formula is C10H20N4. The molecule has 0 spiro atoms. The molecule has 0 fully saturated rings. The van der Waals surface area contributed by atoms with E-state index < -0.39 is 0 Å². The van der Waals surface area contributed by atoms with Gasteiger partial charge in [0.25, 0.3) is 0 Å². The summed E-state index contributed by atoms with van der Waals surface area (Å²) in [5.41, 5.74) is 3.85. The highest BCUT2D eigenvalue weighted by Crippen LogP contribution is 2.16. The summed E-state index contributed by atoms with van der Waals surface area (Å²) in [5.74, 6) is 5.50. The van der Waals surface area contributed by atoms with Gasteiger partial charge in [-0.2, -0.15) is 5.10 Å². The molecule has 3 N–H and O–H groups in total. The average Bonchev–Trinajstić information content (AvgIpc) is 2.60. The second-order valence-electron chi connectivity index (χ2n) is 3.63. The number of aromatic nitrogens is 2. The summed E-state index contributed by atoms with van der Waals surface area (Å²) in [6, 6.07) is 2.21. The third-order valence-corrected chi connectivity index (χ3v) is 2.39. The Bertz CT molecular complexity index is 256. The first-order valence-electron chi connectivity index (χ1n) is 5.23. The SMILES string of the molecule is CCCCCC(NN)c1ccn(C)n1. The second-order valence-corrected chi connectivity index (χ2v) is 3.63. The molecule has 0 aromatic carbocycles. The maximum absolute atomic E-state index is 5.50. The van der Waals surface area contributed by atoms with Gasteiger partial charge in [-0.1, -0.05) is 26.2 Å². The summed E-state index contributed by atoms with van der Waals surface area (Å²) >= 11 is 0. The average molecular weight is 196 g/mol. The number of hydrogen-bond acceptors (Lipinski definition) is 3. The van der Waals surface area contributed by atoms with Gasteiger partial charge in [-0.25, -0.2) is 0 Å². The van der Waals surface area contributed by atoms with E-state index >= 15 is 0 Å². The molecule has 80 valence electrons. The maximum Gasteiger partial charge on any atom is 0.0807 e. The molecule has 0 saturated carbocycles. The molecule has 4 nitrogen and oxygen atoms in total. The first-order valence-corrected chi connectivity index (χ1v) is 5.23. The minimum atomic E-state index is 0.197. The van der Waals surface area contributed by atoms with Crippen molar-refractivity contribution in [2.24, 2.45) is 12.9 Å². The van der Waals surface area contributed by atoms with E-state index in [1.807, 2.05) is 19.3 Å². The molecule has 0 amide bonds. The molecule has 0 bridgehead atoms. The van der Waals surface area contributed by atoms with Crippen molar-refractivity contribution in [2.45, 2.75) is 38.6 Å². The highest BCUT2D eigenvalue weighted by atomic mass is 15.3. The third-order valence-electron chi connectivity index (χ3n) is 2.39. The van der Waals surface area contributed by atoms with Crippen LogP contribution in [0.25, 0.3) is 0 Å². The normalized spacial score (nSPS) is 13.1. The highest BCUT2D eigenvalue weighted by Gasteiger charge is 2.11. The number of nitrogens with two attached hydrogens (primary N) is 1. The molecule has 1 rings (SSSR count). The van der Waals surface area contributed by atoms with Gasteiger partial charge in [-0.05, 0) is 12.5 Å². The Morgan fingerprint density at radius 3 is 2.86 bits per heavy atom. The van der Waals surface area contributed by atoms with Gasteiger partial charge in [-0.15, -0.1) is 0 Å². The Labute approximate surface area is 85.5 Å². The van der Waals surface area contributed by atoms with Crippen LogP contribution in [-0.2, 0) is 7.05 Å². The molecular weight excluding hydrogens is 176 g/mol. The molecule has 1 aromatic rings. The van der Waals surface area contributed by atoms with Crippen molar-refractivity contribution in [2.75, 3.05) is 0 Å². The summed E-state index contributed by atoms with van der Waals surface area (Å²) in [4.78, 5) is 0. The fourth-order valence-corrected chi connectivity index (χ4v) is 1.53. The Morgan fingerprint density at radius 1 is 1.57 bits per heavy atom. The Balaban J connectivity index is 2.45. The number of nitrogens with zero attached hydrogens (tertiary/aromatic N) is 2. The minimum absolute atomic E-state index is 0.197. The fraction of sp³-hybridized carbons (Fsp3) is 0.700. The zero-order valence-electron chi connectivity index (χ0n) is 9.03. The lowest BCUT2D eigenvalue weighted by Gasteiger charge is -2.12. The summed E-state index contributed by atoms with van der Waals surface area (Å²) in [6.07, 6.45) is 6.69. The lowest BCUT2D eigenvalue weighted by Crippen LogP contribution is -2.28. The molecule has 0 aliphatic rings. The van der Waals surface area contributed by atoms with Crippen LogP contribution in [-0.4, -0.2) is 9.78 Å². The van der Waals surface area contributed by atoms with E-state index in [9.17, 15) is 0 Å². The molecule has 1 atom stereocenters. The van der Waals surface area contributed by atoms with Crippen LogP contribution in [0.4, 0.5) is 0 Å². The zero-order valence-corrected chi connectivity index (χ0v) is 9.03. The predicted molar refractivity (Wildman–Crippen MR) is 57.4 cm³/mol. The summed E-state index contributed by atoms with van der Waals surface area (Å²) in [7, 11) is 1.92. The summed E-state index contributed by atoms with van der Waals surface area (Å²) in [6.45, 7) is 2.20. The molecule has 4 heteroatoms. The number of hydrogen-bond donors (Lipinski definition) is 2. The van der Waals surface area contributed by atoms with Crippen LogP contribution in [0.2, 0.25) is 0 Å². The van der Waals surface area contributed by atoms with Crippen molar-refractivity contribution in [3.05, 3.63) is 18.0 Å². The van der Waals surface area contributed by atoms with E-state index in [1.54, 1.807) is 4.68 Å². The van der Waals surface area contributed by atoms with Crippen LogP contribution >= 0.6 is 0 Å². The highest BCUT2D eigenvalue weighted by molar-refractivity contribution is 5.04. The van der Waals surface area contributed by atoms with Gasteiger partial charge in [-0.3, -0.25) is 16.0 Å². The van der Waals surface area contributed by atoms with Crippen LogP contribution in [0, 0.1) is 0 Å². The molecule has 0 aliphatic heterocycles. The van der Waals surface area contributed by atoms with Crippen LogP contribution in [0.5, 0.6) is 0 Å². The van der Waals surface area contributed by atoms with Crippen LogP contribution in [0.1, 0.15) is 44.3 Å². The van der Waals surface area contributed by atoms with Gasteiger partial charge in [0, 0.05) is 13.2 Å². The van der Waals surface area contributed by atoms with E-state index in [4.69, 9.17) is 5.84 Å². The van der Waals surface area contributed by atoms with Crippen molar-refractivity contribution in [1.82, 2.24) is 15.2 Å². The van der Waals surface area contributed by atoms with E-state index in [2.05, 4.69) is 17.4 Å². The van der Waals surface area contributed by atoms with Gasteiger partial charge < -0.3 is 0 Å². The van der Waals surface area contributed by atoms with Crippen molar-refractivity contribution >= 4 is 0 Å². The topological polar surface area (TPSA) is 55.9 Å². The molecule has 1 aromatic heterocycles. The van der Waals surface area contributed by atoms with Crippen LogP contribution in [0.15, 0.2) is 12.3 Å². The van der Waals surface area contributed by atoms with Gasteiger partial charge in [0.2, 0.25) is 0 Å². The van der Waals surface area contributed by atoms with E-state index in [0.717, 1.165) is 12.1 Å². The van der Waals surface area contributed by atoms with Gasteiger partial charge in [0.1, 0.15) is 0 Å². The molecule has 0 saturated heterocycles. The third kappa shape index (κ3) is 3.12. The summed E-state index contributed by atoms with van der Waals surface area (Å²) in [5, 5.41) is 4.33.